The number of nitrogens with one attached hydrogen (secondary N) is 1. The van der Waals surface area contributed by atoms with E-state index in [0.717, 1.165) is 27.9 Å². The summed E-state index contributed by atoms with van der Waals surface area (Å²) in [5.41, 5.74) is 2.45. The van der Waals surface area contributed by atoms with E-state index in [1.165, 1.54) is 18.2 Å². The second kappa shape index (κ2) is 10.9. The van der Waals surface area contributed by atoms with Crippen molar-refractivity contribution in [1.82, 2.24) is 4.90 Å². The van der Waals surface area contributed by atoms with Gasteiger partial charge in [0.2, 0.25) is 0 Å². The van der Waals surface area contributed by atoms with Gasteiger partial charge in [-0.1, -0.05) is 48.5 Å². The summed E-state index contributed by atoms with van der Waals surface area (Å²) in [5, 5.41) is 13.5. The van der Waals surface area contributed by atoms with Crippen molar-refractivity contribution < 1.29 is 24.0 Å². The van der Waals surface area contributed by atoms with E-state index in [2.05, 4.69) is 5.32 Å². The third-order valence-electron chi connectivity index (χ3n) is 5.36. The van der Waals surface area contributed by atoms with E-state index in [0.29, 0.717) is 11.3 Å². The Bertz CT molecular complexity index is 1370. The molecule has 10 heteroatoms. The molecule has 3 aromatic carbocycles. The second-order valence-corrected chi connectivity index (χ2v) is 8.87. The SMILES string of the molecule is Cc1ccccc1NC(=O)COc1ccc(/C=C2\SC(=O)N(Cc3ccccc3[N+](=O)[O-])C2=O)cc1. The molecular weight excluding hydrogens is 482 g/mol. The van der Waals surface area contributed by atoms with Crippen LogP contribution in [0.1, 0.15) is 16.7 Å². The molecule has 0 aliphatic carbocycles. The Labute approximate surface area is 210 Å². The number of hydrogen-bond donors (Lipinski definition) is 1. The molecule has 0 spiro atoms. The average molecular weight is 504 g/mol. The quantitative estimate of drug-likeness (QED) is 0.256. The van der Waals surface area contributed by atoms with E-state index in [1.54, 1.807) is 36.4 Å². The highest BCUT2D eigenvalue weighted by molar-refractivity contribution is 8.18. The maximum absolute atomic E-state index is 12.8. The smallest absolute Gasteiger partial charge is 0.293 e. The number of thioether (sulfide) groups is 1. The van der Waals surface area contributed by atoms with Crippen LogP contribution in [0.3, 0.4) is 0 Å². The van der Waals surface area contributed by atoms with Gasteiger partial charge in [-0.15, -0.1) is 0 Å². The highest BCUT2D eigenvalue weighted by Crippen LogP contribution is 2.34. The van der Waals surface area contributed by atoms with E-state index in [9.17, 15) is 24.5 Å². The lowest BCUT2D eigenvalue weighted by molar-refractivity contribution is -0.385. The molecular formula is C26H21N3O6S. The van der Waals surface area contributed by atoms with Gasteiger partial charge >= 0.3 is 0 Å². The van der Waals surface area contributed by atoms with Crippen molar-refractivity contribution in [3.05, 3.63) is 105 Å². The molecule has 1 aliphatic heterocycles. The lowest BCUT2D eigenvalue weighted by Gasteiger charge is -2.12. The highest BCUT2D eigenvalue weighted by Gasteiger charge is 2.36. The summed E-state index contributed by atoms with van der Waals surface area (Å²) >= 11 is 0.775. The molecule has 1 saturated heterocycles. The minimum absolute atomic E-state index is 0.149. The zero-order valence-electron chi connectivity index (χ0n) is 19.2. The lowest BCUT2D eigenvalue weighted by Crippen LogP contribution is -2.27. The van der Waals surface area contributed by atoms with Crippen LogP contribution in [0, 0.1) is 17.0 Å². The topological polar surface area (TPSA) is 119 Å². The van der Waals surface area contributed by atoms with E-state index in [1.807, 2.05) is 31.2 Å². The number of hydrogen-bond acceptors (Lipinski definition) is 7. The van der Waals surface area contributed by atoms with Crippen LogP contribution in [0.4, 0.5) is 16.2 Å². The number of benzene rings is 3. The largest absolute Gasteiger partial charge is 0.484 e. The van der Waals surface area contributed by atoms with Crippen LogP contribution in [0.2, 0.25) is 0 Å². The summed E-state index contributed by atoms with van der Waals surface area (Å²) in [7, 11) is 0. The van der Waals surface area contributed by atoms with Crippen LogP contribution in [0.5, 0.6) is 5.75 Å². The van der Waals surface area contributed by atoms with Crippen molar-refractivity contribution in [2.45, 2.75) is 13.5 Å². The molecule has 3 amide bonds. The van der Waals surface area contributed by atoms with Crippen LogP contribution in [0.15, 0.2) is 77.7 Å². The maximum Gasteiger partial charge on any atom is 0.293 e. The Hall–Kier alpha value is -4.44. The Morgan fingerprint density at radius 1 is 1.06 bits per heavy atom. The molecule has 0 unspecified atom stereocenters. The zero-order chi connectivity index (χ0) is 25.7. The van der Waals surface area contributed by atoms with Gasteiger partial charge < -0.3 is 10.1 Å². The van der Waals surface area contributed by atoms with Crippen molar-refractivity contribution >= 4 is 46.3 Å². The number of rotatable bonds is 8. The average Bonchev–Trinajstić information content (AvgIpc) is 3.12. The predicted molar refractivity (Wildman–Crippen MR) is 136 cm³/mol. The van der Waals surface area contributed by atoms with Crippen LogP contribution < -0.4 is 10.1 Å². The molecule has 0 bridgehead atoms. The standard InChI is InChI=1S/C26H21N3O6S/c1-17-6-2-4-8-21(17)27-24(30)16-35-20-12-10-18(11-13-20)14-23-25(31)28(26(32)36-23)15-19-7-3-5-9-22(19)29(33)34/h2-14H,15-16H2,1H3,(H,27,30)/b23-14-. The molecule has 0 saturated carbocycles. The third kappa shape index (κ3) is 5.78. The van der Waals surface area contributed by atoms with Crippen LogP contribution >= 0.6 is 11.8 Å². The number of carbonyl (C=O) groups is 3. The Morgan fingerprint density at radius 3 is 2.47 bits per heavy atom. The number of anilines is 1. The number of nitro groups is 1. The van der Waals surface area contributed by atoms with Gasteiger partial charge in [-0.2, -0.15) is 0 Å². The maximum atomic E-state index is 12.8. The fourth-order valence-electron chi connectivity index (χ4n) is 3.49. The van der Waals surface area contributed by atoms with Crippen molar-refractivity contribution in [2.24, 2.45) is 0 Å². The molecule has 0 aromatic heterocycles. The first kappa shape index (κ1) is 24.7. The molecule has 9 nitrogen and oxygen atoms in total. The Morgan fingerprint density at radius 2 is 1.75 bits per heavy atom. The summed E-state index contributed by atoms with van der Waals surface area (Å²) in [5.74, 6) is -0.339. The first-order valence-electron chi connectivity index (χ1n) is 10.9. The van der Waals surface area contributed by atoms with Gasteiger partial charge in [0.05, 0.1) is 16.4 Å². The van der Waals surface area contributed by atoms with Crippen LogP contribution in [-0.2, 0) is 16.1 Å². The summed E-state index contributed by atoms with van der Waals surface area (Å²) in [6.45, 7) is 1.55. The molecule has 0 atom stereocenters. The van der Waals surface area contributed by atoms with Gasteiger partial charge in [-0.05, 0) is 54.1 Å². The monoisotopic (exact) mass is 503 g/mol. The van der Waals surface area contributed by atoms with E-state index in [4.69, 9.17) is 4.74 Å². The third-order valence-corrected chi connectivity index (χ3v) is 6.26. The van der Waals surface area contributed by atoms with E-state index < -0.39 is 16.1 Å². The van der Waals surface area contributed by atoms with E-state index in [-0.39, 0.29) is 35.2 Å². The number of aryl methyl sites for hydroxylation is 1. The van der Waals surface area contributed by atoms with Gasteiger partial charge in [0.1, 0.15) is 5.75 Å². The van der Waals surface area contributed by atoms with Gasteiger partial charge in [-0.25, -0.2) is 0 Å². The summed E-state index contributed by atoms with van der Waals surface area (Å²) < 4.78 is 5.53. The molecule has 1 aliphatic rings. The number of ether oxygens (including phenoxy) is 1. The number of carbonyl (C=O) groups excluding carboxylic acids is 3. The number of nitro benzene ring substituents is 1. The van der Waals surface area contributed by atoms with Crippen LogP contribution in [-0.4, -0.2) is 33.5 Å². The van der Waals surface area contributed by atoms with Crippen molar-refractivity contribution in [1.29, 1.82) is 0 Å². The number of amides is 3. The van der Waals surface area contributed by atoms with Gasteiger partial charge in [0.15, 0.2) is 6.61 Å². The molecule has 3 aromatic rings. The van der Waals surface area contributed by atoms with E-state index >= 15 is 0 Å². The number of imide groups is 1. The highest BCUT2D eigenvalue weighted by atomic mass is 32.2. The molecule has 36 heavy (non-hydrogen) atoms. The van der Waals surface area contributed by atoms with Gasteiger partial charge in [-0.3, -0.25) is 29.4 Å². The lowest BCUT2D eigenvalue weighted by atomic mass is 10.1. The molecule has 182 valence electrons. The molecule has 1 N–H and O–H groups in total. The van der Waals surface area contributed by atoms with Crippen molar-refractivity contribution in [3.63, 3.8) is 0 Å². The number of para-hydroxylation sites is 2. The fraction of sp³-hybridized carbons (Fsp3) is 0.115. The molecule has 4 rings (SSSR count). The van der Waals surface area contributed by atoms with Crippen LogP contribution in [0.25, 0.3) is 6.08 Å². The van der Waals surface area contributed by atoms with Crippen molar-refractivity contribution in [3.8, 4) is 5.75 Å². The minimum atomic E-state index is -0.541. The normalized spacial score (nSPS) is 14.2. The second-order valence-electron chi connectivity index (χ2n) is 7.87. The van der Waals surface area contributed by atoms with Gasteiger partial charge in [0, 0.05) is 17.3 Å². The first-order chi connectivity index (χ1) is 17.3. The molecule has 0 radical (unpaired) electrons. The summed E-state index contributed by atoms with van der Waals surface area (Å²) in [6.07, 6.45) is 1.57. The van der Waals surface area contributed by atoms with Gasteiger partial charge in [0.25, 0.3) is 22.7 Å². The first-order valence-corrected chi connectivity index (χ1v) is 11.7. The predicted octanol–water partition coefficient (Wildman–Crippen LogP) is 5.16. The van der Waals surface area contributed by atoms with Crippen molar-refractivity contribution in [2.75, 3.05) is 11.9 Å². The molecule has 1 heterocycles. The number of nitrogens with zero attached hydrogens (tertiary/aromatic N) is 2. The Balaban J connectivity index is 1.37. The Kier molecular flexibility index (Phi) is 7.45. The summed E-state index contributed by atoms with van der Waals surface area (Å²) in [6, 6.07) is 20.1. The minimum Gasteiger partial charge on any atom is -0.484 e. The fourth-order valence-corrected chi connectivity index (χ4v) is 4.33. The zero-order valence-corrected chi connectivity index (χ0v) is 20.0. The molecule has 1 fully saturated rings. The summed E-state index contributed by atoms with van der Waals surface area (Å²) in [4.78, 5) is 49.3.